The molecule has 0 saturated carbocycles. The normalized spacial score (nSPS) is 19.0. The maximum atomic E-state index is 4.49. The Hall–Kier alpha value is -2.24. The first-order valence-corrected chi connectivity index (χ1v) is 6.87. The van der Waals surface area contributed by atoms with Crippen LogP contribution < -0.4 is 0 Å². The first-order chi connectivity index (χ1) is 9.74. The Labute approximate surface area is 117 Å². The summed E-state index contributed by atoms with van der Waals surface area (Å²) in [7, 11) is 0. The average molecular weight is 270 g/mol. The van der Waals surface area contributed by atoms with Gasteiger partial charge in [-0.25, -0.2) is 4.68 Å². The van der Waals surface area contributed by atoms with Gasteiger partial charge in [0, 0.05) is 11.9 Å². The van der Waals surface area contributed by atoms with Crippen molar-refractivity contribution in [3.63, 3.8) is 0 Å². The first-order valence-electron chi connectivity index (χ1n) is 6.87. The van der Waals surface area contributed by atoms with Crippen molar-refractivity contribution < 1.29 is 0 Å². The molecular weight excluding hydrogens is 252 g/mol. The summed E-state index contributed by atoms with van der Waals surface area (Å²) in [4.78, 5) is 0. The molecule has 2 heterocycles. The van der Waals surface area contributed by atoms with E-state index in [1.165, 1.54) is 0 Å². The summed E-state index contributed by atoms with van der Waals surface area (Å²) in [5, 5.41) is 17.0. The van der Waals surface area contributed by atoms with Crippen LogP contribution >= 0.6 is 0 Å². The Balaban J connectivity index is 1.85. The van der Waals surface area contributed by atoms with E-state index in [0.29, 0.717) is 11.9 Å². The second-order valence-electron chi connectivity index (χ2n) is 5.12. The molecule has 3 rings (SSSR count). The highest BCUT2D eigenvalue weighted by Gasteiger charge is 2.11. The van der Waals surface area contributed by atoms with Crippen molar-refractivity contribution in [3.05, 3.63) is 35.9 Å². The van der Waals surface area contributed by atoms with Gasteiger partial charge < -0.3 is 0 Å². The Kier molecular flexibility index (Phi) is 3.45. The van der Waals surface area contributed by atoms with Crippen molar-refractivity contribution in [1.82, 2.24) is 24.7 Å². The Morgan fingerprint density at radius 2 is 2.25 bits per heavy atom. The molecule has 0 saturated heterocycles. The molecule has 1 aliphatic carbocycles. The van der Waals surface area contributed by atoms with Gasteiger partial charge in [-0.2, -0.15) is 14.9 Å². The van der Waals surface area contributed by atoms with Gasteiger partial charge in [0.1, 0.15) is 6.33 Å². The lowest BCUT2D eigenvalue weighted by Gasteiger charge is -2.12. The fourth-order valence-electron chi connectivity index (χ4n) is 2.39. The molecule has 6 nitrogen and oxygen atoms in total. The van der Waals surface area contributed by atoms with E-state index in [0.717, 1.165) is 30.7 Å². The van der Waals surface area contributed by atoms with Crippen molar-refractivity contribution in [2.24, 2.45) is 11.0 Å². The summed E-state index contributed by atoms with van der Waals surface area (Å²) in [5.74, 6) is 1.12. The molecule has 0 fully saturated rings. The van der Waals surface area contributed by atoms with E-state index >= 15 is 0 Å². The van der Waals surface area contributed by atoms with Crippen LogP contribution in [-0.4, -0.2) is 30.9 Å². The zero-order valence-corrected chi connectivity index (χ0v) is 11.8. The van der Waals surface area contributed by atoms with Gasteiger partial charge >= 0.3 is 0 Å². The topological polar surface area (TPSA) is 60.9 Å². The first kappa shape index (κ1) is 12.8. The number of rotatable bonds is 3. The van der Waals surface area contributed by atoms with E-state index in [4.69, 9.17) is 0 Å². The Morgan fingerprint density at radius 3 is 2.95 bits per heavy atom. The van der Waals surface area contributed by atoms with Gasteiger partial charge in [-0.3, -0.25) is 0 Å². The number of hydrogen-bond acceptors (Lipinski definition) is 4. The van der Waals surface area contributed by atoms with Gasteiger partial charge in [-0.15, -0.1) is 10.2 Å². The van der Waals surface area contributed by atoms with Crippen molar-refractivity contribution >= 4 is 6.21 Å². The fourth-order valence-corrected chi connectivity index (χ4v) is 2.39. The molecular formula is C14H18N6. The molecule has 0 aromatic carbocycles. The fraction of sp³-hybridized carbons (Fsp3) is 0.429. The molecule has 0 N–H and O–H groups in total. The maximum absolute atomic E-state index is 4.49. The second kappa shape index (κ2) is 5.40. The number of hydrogen-bond donors (Lipinski definition) is 0. The van der Waals surface area contributed by atoms with Crippen LogP contribution in [0.4, 0.5) is 0 Å². The number of aromatic nitrogens is 5. The summed E-state index contributed by atoms with van der Waals surface area (Å²) in [6, 6.07) is 2.01. The summed E-state index contributed by atoms with van der Waals surface area (Å²) in [5.41, 5.74) is 1.98. The van der Waals surface area contributed by atoms with E-state index in [2.05, 4.69) is 32.5 Å². The van der Waals surface area contributed by atoms with Gasteiger partial charge in [0.25, 0.3) is 5.95 Å². The van der Waals surface area contributed by atoms with E-state index in [-0.39, 0.29) is 0 Å². The summed E-state index contributed by atoms with van der Waals surface area (Å²) in [6.07, 6.45) is 11.4. The molecule has 0 aliphatic heterocycles. The largest absolute Gasteiger partial charge is 0.273 e. The maximum Gasteiger partial charge on any atom is 0.273 e. The molecule has 0 radical (unpaired) electrons. The smallest absolute Gasteiger partial charge is 0.202 e. The van der Waals surface area contributed by atoms with E-state index < -0.39 is 0 Å². The number of nitrogens with zero attached hydrogens (tertiary/aromatic N) is 6. The van der Waals surface area contributed by atoms with Gasteiger partial charge in [-0.05, 0) is 45.1 Å². The molecule has 0 bridgehead atoms. The Morgan fingerprint density at radius 1 is 1.35 bits per heavy atom. The second-order valence-corrected chi connectivity index (χ2v) is 5.12. The van der Waals surface area contributed by atoms with Crippen LogP contribution in [0, 0.1) is 19.8 Å². The summed E-state index contributed by atoms with van der Waals surface area (Å²) < 4.78 is 3.44. The zero-order valence-electron chi connectivity index (χ0n) is 11.8. The van der Waals surface area contributed by atoms with E-state index in [1.54, 1.807) is 15.7 Å². The highest BCUT2D eigenvalue weighted by Crippen LogP contribution is 2.16. The lowest BCUT2D eigenvalue weighted by Crippen LogP contribution is -2.09. The standard InChI is InChI=1S/C14H18N6/c1-11-8-12(2)20(18-11)14-17-15-10-19(14)16-9-13-6-4-3-5-7-13/h3-4,8-10,13H,5-7H2,1-2H3/b16-9-/t13-/m1/s1. The van der Waals surface area contributed by atoms with Crippen LogP contribution in [0.15, 0.2) is 29.6 Å². The van der Waals surface area contributed by atoms with Crippen LogP contribution in [-0.2, 0) is 0 Å². The Bertz CT molecular complexity index is 648. The predicted octanol–water partition coefficient (Wildman–Crippen LogP) is 2.27. The minimum atomic E-state index is 0.496. The van der Waals surface area contributed by atoms with Crippen LogP contribution in [0.3, 0.4) is 0 Å². The lowest BCUT2D eigenvalue weighted by molar-refractivity contribution is 0.619. The molecule has 0 amide bonds. The van der Waals surface area contributed by atoms with Crippen molar-refractivity contribution in [2.45, 2.75) is 33.1 Å². The van der Waals surface area contributed by atoms with Crippen LogP contribution in [0.1, 0.15) is 30.7 Å². The average Bonchev–Trinajstić information content (AvgIpc) is 3.03. The minimum Gasteiger partial charge on any atom is -0.202 e. The van der Waals surface area contributed by atoms with Crippen LogP contribution in [0.2, 0.25) is 0 Å². The monoisotopic (exact) mass is 270 g/mol. The van der Waals surface area contributed by atoms with Crippen molar-refractivity contribution in [1.29, 1.82) is 0 Å². The summed E-state index contributed by atoms with van der Waals surface area (Å²) >= 11 is 0. The zero-order chi connectivity index (χ0) is 13.9. The SMILES string of the molecule is Cc1cc(C)n(-c2nncn2/N=C\[C@@H]2CC=CCC2)n1. The molecule has 20 heavy (non-hydrogen) atoms. The van der Waals surface area contributed by atoms with Gasteiger partial charge in [0.15, 0.2) is 0 Å². The third kappa shape index (κ3) is 2.54. The lowest BCUT2D eigenvalue weighted by atomic mass is 9.96. The minimum absolute atomic E-state index is 0.496. The van der Waals surface area contributed by atoms with Crippen LogP contribution in [0.25, 0.3) is 5.95 Å². The van der Waals surface area contributed by atoms with Crippen molar-refractivity contribution in [2.75, 3.05) is 0 Å². The molecule has 2 aromatic heterocycles. The van der Waals surface area contributed by atoms with Gasteiger partial charge in [-0.1, -0.05) is 12.2 Å². The summed E-state index contributed by atoms with van der Waals surface area (Å²) in [6.45, 7) is 3.95. The quantitative estimate of drug-likeness (QED) is 0.635. The molecule has 104 valence electrons. The third-order valence-electron chi connectivity index (χ3n) is 3.42. The number of allylic oxidation sites excluding steroid dienone is 2. The van der Waals surface area contributed by atoms with E-state index in [9.17, 15) is 0 Å². The van der Waals surface area contributed by atoms with Crippen LogP contribution in [0.5, 0.6) is 0 Å². The van der Waals surface area contributed by atoms with Gasteiger partial charge in [0.2, 0.25) is 0 Å². The predicted molar refractivity (Wildman–Crippen MR) is 77.0 cm³/mol. The molecule has 1 atom stereocenters. The molecule has 6 heteroatoms. The van der Waals surface area contributed by atoms with Crippen molar-refractivity contribution in [3.8, 4) is 5.95 Å². The van der Waals surface area contributed by atoms with Gasteiger partial charge in [0.05, 0.1) is 5.69 Å². The highest BCUT2D eigenvalue weighted by molar-refractivity contribution is 5.61. The third-order valence-corrected chi connectivity index (χ3v) is 3.42. The molecule has 2 aromatic rings. The van der Waals surface area contributed by atoms with E-state index in [1.807, 2.05) is 26.1 Å². The molecule has 1 aliphatic rings. The molecule has 0 unspecified atom stereocenters. The number of aryl methyl sites for hydroxylation is 2. The highest BCUT2D eigenvalue weighted by atomic mass is 15.5. The molecule has 0 spiro atoms.